The molecule has 0 fully saturated rings. The van der Waals surface area contributed by atoms with E-state index >= 15 is 0 Å². The minimum atomic E-state index is -0.316. The lowest BCUT2D eigenvalue weighted by atomic mass is 9.72. The lowest BCUT2D eigenvalue weighted by Crippen LogP contribution is -2.47. The number of rotatable bonds is 4. The second-order valence-corrected chi connectivity index (χ2v) is 4.48. The summed E-state index contributed by atoms with van der Waals surface area (Å²) in [7, 11) is 0. The summed E-state index contributed by atoms with van der Waals surface area (Å²) in [5.41, 5.74) is 7.42. The molecule has 1 aromatic rings. The number of nitrogens with two attached hydrogens (primary N) is 1. The van der Waals surface area contributed by atoms with Crippen molar-refractivity contribution in [2.75, 3.05) is 0 Å². The first-order valence-electron chi connectivity index (χ1n) is 5.50. The molecule has 0 aliphatic rings. The molecule has 0 spiro atoms. The van der Waals surface area contributed by atoms with E-state index in [2.05, 4.69) is 39.5 Å². The van der Waals surface area contributed by atoms with Crippen LogP contribution >= 0.6 is 0 Å². The Bertz CT molecular complexity index is 315. The van der Waals surface area contributed by atoms with Gasteiger partial charge in [0.25, 0.3) is 0 Å². The maximum absolute atomic E-state index is 6.54. The van der Waals surface area contributed by atoms with Gasteiger partial charge in [0.1, 0.15) is 0 Å². The fraction of sp³-hybridized carbons (Fsp3) is 0.429. The standard InChI is InChI=1S/C14H21N/c1-5-12(4)14(15,11(2)3)13-9-7-6-8-10-13/h5-12H,1,15H2,2-4H3. The molecule has 1 heteroatoms. The summed E-state index contributed by atoms with van der Waals surface area (Å²) in [4.78, 5) is 0. The van der Waals surface area contributed by atoms with Gasteiger partial charge in [0.05, 0.1) is 0 Å². The molecule has 0 saturated carbocycles. The van der Waals surface area contributed by atoms with Crippen LogP contribution in [0.15, 0.2) is 43.0 Å². The fourth-order valence-electron chi connectivity index (χ4n) is 2.04. The summed E-state index contributed by atoms with van der Waals surface area (Å²) in [6.45, 7) is 10.3. The van der Waals surface area contributed by atoms with Gasteiger partial charge < -0.3 is 5.73 Å². The Morgan fingerprint density at radius 1 is 1.20 bits per heavy atom. The normalized spacial score (nSPS) is 17.1. The Labute approximate surface area is 93.0 Å². The second kappa shape index (κ2) is 4.63. The Kier molecular flexibility index (Phi) is 3.70. The Hall–Kier alpha value is -1.08. The highest BCUT2D eigenvalue weighted by atomic mass is 14.8. The van der Waals surface area contributed by atoms with E-state index in [1.807, 2.05) is 24.3 Å². The Balaban J connectivity index is 3.18. The summed E-state index contributed by atoms with van der Waals surface area (Å²) in [5, 5.41) is 0. The van der Waals surface area contributed by atoms with Crippen LogP contribution in [-0.2, 0) is 5.54 Å². The molecular weight excluding hydrogens is 182 g/mol. The van der Waals surface area contributed by atoms with Gasteiger partial charge in [-0.05, 0) is 17.4 Å². The van der Waals surface area contributed by atoms with Gasteiger partial charge in [-0.3, -0.25) is 0 Å². The highest BCUT2D eigenvalue weighted by molar-refractivity contribution is 5.26. The van der Waals surface area contributed by atoms with E-state index < -0.39 is 0 Å². The maximum Gasteiger partial charge on any atom is 0.0493 e. The van der Waals surface area contributed by atoms with Gasteiger partial charge in [-0.2, -0.15) is 0 Å². The topological polar surface area (TPSA) is 26.0 Å². The van der Waals surface area contributed by atoms with Crippen molar-refractivity contribution in [1.29, 1.82) is 0 Å². The molecule has 2 N–H and O–H groups in total. The molecule has 1 nitrogen and oxygen atoms in total. The van der Waals surface area contributed by atoms with E-state index in [4.69, 9.17) is 5.73 Å². The molecule has 0 amide bonds. The van der Waals surface area contributed by atoms with E-state index in [1.54, 1.807) is 0 Å². The smallest absolute Gasteiger partial charge is 0.0493 e. The molecule has 0 aliphatic carbocycles. The van der Waals surface area contributed by atoms with Crippen LogP contribution in [0.5, 0.6) is 0 Å². The summed E-state index contributed by atoms with van der Waals surface area (Å²) in [6, 6.07) is 10.3. The first-order valence-corrected chi connectivity index (χ1v) is 5.50. The van der Waals surface area contributed by atoms with Crippen LogP contribution in [0.1, 0.15) is 26.3 Å². The lowest BCUT2D eigenvalue weighted by Gasteiger charge is -2.38. The van der Waals surface area contributed by atoms with Gasteiger partial charge in [0, 0.05) is 5.54 Å². The van der Waals surface area contributed by atoms with Crippen molar-refractivity contribution >= 4 is 0 Å². The van der Waals surface area contributed by atoms with E-state index in [9.17, 15) is 0 Å². The summed E-state index contributed by atoms with van der Waals surface area (Å²) < 4.78 is 0. The summed E-state index contributed by atoms with van der Waals surface area (Å²) in [5.74, 6) is 0.646. The second-order valence-electron chi connectivity index (χ2n) is 4.48. The highest BCUT2D eigenvalue weighted by Gasteiger charge is 2.35. The SMILES string of the molecule is C=CC(C)C(N)(c1ccccc1)C(C)C. The first-order chi connectivity index (χ1) is 7.03. The van der Waals surface area contributed by atoms with Crippen molar-refractivity contribution in [2.24, 2.45) is 17.6 Å². The van der Waals surface area contributed by atoms with Gasteiger partial charge in [0.15, 0.2) is 0 Å². The minimum absolute atomic E-state index is 0.264. The monoisotopic (exact) mass is 203 g/mol. The zero-order valence-corrected chi connectivity index (χ0v) is 9.90. The van der Waals surface area contributed by atoms with Gasteiger partial charge in [-0.25, -0.2) is 0 Å². The molecule has 0 aromatic heterocycles. The van der Waals surface area contributed by atoms with E-state index in [1.165, 1.54) is 5.56 Å². The average Bonchev–Trinajstić information content (AvgIpc) is 2.27. The fourth-order valence-corrected chi connectivity index (χ4v) is 2.04. The van der Waals surface area contributed by atoms with Crippen LogP contribution in [0.2, 0.25) is 0 Å². The molecule has 15 heavy (non-hydrogen) atoms. The van der Waals surface area contributed by atoms with Crippen molar-refractivity contribution in [2.45, 2.75) is 26.3 Å². The zero-order valence-electron chi connectivity index (χ0n) is 9.90. The molecule has 1 rings (SSSR count). The van der Waals surface area contributed by atoms with Gasteiger partial charge in [0.2, 0.25) is 0 Å². The van der Waals surface area contributed by atoms with Crippen LogP contribution in [0.25, 0.3) is 0 Å². The minimum Gasteiger partial charge on any atom is -0.321 e. The third kappa shape index (κ3) is 2.13. The molecule has 2 unspecified atom stereocenters. The highest BCUT2D eigenvalue weighted by Crippen LogP contribution is 2.34. The molecule has 0 aliphatic heterocycles. The van der Waals surface area contributed by atoms with Gasteiger partial charge in [-0.1, -0.05) is 57.2 Å². The molecule has 2 atom stereocenters. The Morgan fingerprint density at radius 3 is 2.13 bits per heavy atom. The third-order valence-electron chi connectivity index (χ3n) is 3.34. The molecule has 1 aromatic carbocycles. The Morgan fingerprint density at radius 2 is 1.73 bits per heavy atom. The molecule has 0 saturated heterocycles. The average molecular weight is 203 g/mol. The van der Waals surface area contributed by atoms with E-state index in [0.29, 0.717) is 5.92 Å². The quantitative estimate of drug-likeness (QED) is 0.746. The maximum atomic E-state index is 6.54. The van der Waals surface area contributed by atoms with Crippen LogP contribution in [0.3, 0.4) is 0 Å². The molecule has 0 heterocycles. The molecule has 0 bridgehead atoms. The molecule has 0 radical (unpaired) electrons. The van der Waals surface area contributed by atoms with Crippen LogP contribution in [-0.4, -0.2) is 0 Å². The van der Waals surface area contributed by atoms with E-state index in [-0.39, 0.29) is 11.5 Å². The predicted octanol–water partition coefficient (Wildman–Crippen LogP) is 3.32. The van der Waals surface area contributed by atoms with Crippen molar-refractivity contribution in [3.05, 3.63) is 48.6 Å². The van der Waals surface area contributed by atoms with Crippen molar-refractivity contribution < 1.29 is 0 Å². The lowest BCUT2D eigenvalue weighted by molar-refractivity contribution is 0.249. The number of benzene rings is 1. The summed E-state index contributed by atoms with van der Waals surface area (Å²) in [6.07, 6.45) is 1.94. The van der Waals surface area contributed by atoms with Gasteiger partial charge >= 0.3 is 0 Å². The van der Waals surface area contributed by atoms with Crippen LogP contribution < -0.4 is 5.73 Å². The van der Waals surface area contributed by atoms with Crippen LogP contribution in [0, 0.1) is 11.8 Å². The third-order valence-corrected chi connectivity index (χ3v) is 3.34. The molecular formula is C14H21N. The number of hydrogen-bond acceptors (Lipinski definition) is 1. The molecule has 82 valence electrons. The first kappa shape index (κ1) is 12.0. The van der Waals surface area contributed by atoms with Crippen molar-refractivity contribution in [3.63, 3.8) is 0 Å². The van der Waals surface area contributed by atoms with Gasteiger partial charge in [-0.15, -0.1) is 6.58 Å². The van der Waals surface area contributed by atoms with Crippen molar-refractivity contribution in [3.8, 4) is 0 Å². The number of hydrogen-bond donors (Lipinski definition) is 1. The van der Waals surface area contributed by atoms with E-state index in [0.717, 1.165) is 0 Å². The predicted molar refractivity (Wildman–Crippen MR) is 66.5 cm³/mol. The van der Waals surface area contributed by atoms with Crippen molar-refractivity contribution in [1.82, 2.24) is 0 Å². The summed E-state index contributed by atoms with van der Waals surface area (Å²) >= 11 is 0. The zero-order chi connectivity index (χ0) is 11.5. The largest absolute Gasteiger partial charge is 0.321 e. The van der Waals surface area contributed by atoms with Crippen LogP contribution in [0.4, 0.5) is 0 Å².